The lowest BCUT2D eigenvalue weighted by molar-refractivity contribution is 0.824. The van der Waals surface area contributed by atoms with E-state index < -0.39 is 0 Å². The van der Waals surface area contributed by atoms with Gasteiger partial charge in [-0.2, -0.15) is 5.10 Å². The van der Waals surface area contributed by atoms with Gasteiger partial charge in [-0.15, -0.1) is 0 Å². The Bertz CT molecular complexity index is 549. The molecule has 1 heterocycles. The van der Waals surface area contributed by atoms with Gasteiger partial charge in [0.25, 0.3) is 0 Å². The van der Waals surface area contributed by atoms with E-state index in [0.717, 1.165) is 22.5 Å². The van der Waals surface area contributed by atoms with Crippen LogP contribution in [0, 0.1) is 0 Å². The van der Waals surface area contributed by atoms with Gasteiger partial charge in [-0.3, -0.25) is 5.10 Å². The molecule has 3 heteroatoms. The summed E-state index contributed by atoms with van der Waals surface area (Å²) in [6, 6.07) is 22.5. The summed E-state index contributed by atoms with van der Waals surface area (Å²) in [7, 11) is 0. The van der Waals surface area contributed by atoms with E-state index in [1.807, 2.05) is 36.4 Å². The van der Waals surface area contributed by atoms with Gasteiger partial charge < -0.3 is 5.48 Å². The van der Waals surface area contributed by atoms with E-state index in [2.05, 4.69) is 40.5 Å². The largest absolute Gasteiger partial charge is 0.412 e. The van der Waals surface area contributed by atoms with Gasteiger partial charge in [0, 0.05) is 5.56 Å². The Morgan fingerprint density at radius 3 is 1.89 bits per heavy atom. The molecule has 0 atom stereocenters. The smallest absolute Gasteiger partial charge is 0.0927 e. The van der Waals surface area contributed by atoms with Gasteiger partial charge in [-0.25, -0.2) is 0 Å². The van der Waals surface area contributed by atoms with E-state index in [-0.39, 0.29) is 5.48 Å². The van der Waals surface area contributed by atoms with Crippen LogP contribution in [0.25, 0.3) is 22.5 Å². The fourth-order valence-electron chi connectivity index (χ4n) is 1.84. The number of nitrogens with zero attached hydrogens (tertiary/aromatic N) is 1. The first kappa shape index (κ1) is 12.1. The van der Waals surface area contributed by atoms with E-state index in [4.69, 9.17) is 0 Å². The minimum Gasteiger partial charge on any atom is -0.412 e. The zero-order valence-electron chi connectivity index (χ0n) is 9.80. The van der Waals surface area contributed by atoms with Crippen LogP contribution in [-0.4, -0.2) is 15.7 Å². The molecular formula is C15H14N2O. The summed E-state index contributed by atoms with van der Waals surface area (Å²) in [6.45, 7) is 0. The van der Waals surface area contributed by atoms with Crippen LogP contribution in [0.4, 0.5) is 0 Å². The Kier molecular flexibility index (Phi) is 3.55. The van der Waals surface area contributed by atoms with Crippen molar-refractivity contribution in [2.45, 2.75) is 0 Å². The fourth-order valence-corrected chi connectivity index (χ4v) is 1.84. The molecule has 3 nitrogen and oxygen atoms in total. The molecule has 0 saturated heterocycles. The zero-order valence-corrected chi connectivity index (χ0v) is 9.80. The molecule has 0 amide bonds. The molecule has 18 heavy (non-hydrogen) atoms. The van der Waals surface area contributed by atoms with Crippen LogP contribution in [0.5, 0.6) is 0 Å². The quantitative estimate of drug-likeness (QED) is 0.733. The highest BCUT2D eigenvalue weighted by Crippen LogP contribution is 2.22. The molecule has 0 spiro atoms. The number of benzene rings is 2. The zero-order chi connectivity index (χ0) is 11.5. The molecule has 3 aromatic rings. The molecule has 0 bridgehead atoms. The number of rotatable bonds is 2. The summed E-state index contributed by atoms with van der Waals surface area (Å²) in [5, 5.41) is 7.41. The Morgan fingerprint density at radius 1 is 0.722 bits per heavy atom. The average Bonchev–Trinajstić information content (AvgIpc) is 2.90. The van der Waals surface area contributed by atoms with Crippen LogP contribution in [0.2, 0.25) is 0 Å². The van der Waals surface area contributed by atoms with Crippen molar-refractivity contribution in [1.29, 1.82) is 0 Å². The van der Waals surface area contributed by atoms with Crippen LogP contribution in [0.15, 0.2) is 66.7 Å². The van der Waals surface area contributed by atoms with Gasteiger partial charge >= 0.3 is 0 Å². The first-order chi connectivity index (χ1) is 8.43. The molecule has 0 saturated carbocycles. The second-order valence-corrected chi connectivity index (χ2v) is 3.90. The molecule has 0 aliphatic rings. The highest BCUT2D eigenvalue weighted by atomic mass is 16.0. The average molecular weight is 238 g/mol. The fraction of sp³-hybridized carbons (Fsp3) is 0. The monoisotopic (exact) mass is 238 g/mol. The van der Waals surface area contributed by atoms with Gasteiger partial charge in [0.1, 0.15) is 0 Å². The van der Waals surface area contributed by atoms with Gasteiger partial charge in [0.05, 0.1) is 11.4 Å². The molecule has 0 fully saturated rings. The number of H-pyrrole nitrogens is 1. The molecule has 90 valence electrons. The second kappa shape index (κ2) is 5.29. The van der Waals surface area contributed by atoms with E-state index in [9.17, 15) is 0 Å². The molecule has 2 aromatic carbocycles. The SMILES string of the molecule is O.c1ccc(-c2cc(-c3ccccc3)[nH]n2)cc1. The first-order valence-corrected chi connectivity index (χ1v) is 5.60. The standard InChI is InChI=1S/C15H12N2.H2O/c1-3-7-12(8-4-1)14-11-15(17-16-14)13-9-5-2-6-10-13;/h1-11H,(H,16,17);1H2. The van der Waals surface area contributed by atoms with Crippen molar-refractivity contribution in [1.82, 2.24) is 10.2 Å². The van der Waals surface area contributed by atoms with E-state index in [1.54, 1.807) is 0 Å². The van der Waals surface area contributed by atoms with E-state index >= 15 is 0 Å². The van der Waals surface area contributed by atoms with E-state index in [1.165, 1.54) is 0 Å². The summed E-state index contributed by atoms with van der Waals surface area (Å²) in [4.78, 5) is 0. The van der Waals surface area contributed by atoms with Crippen LogP contribution in [0.1, 0.15) is 0 Å². The molecule has 0 aliphatic carbocycles. The summed E-state index contributed by atoms with van der Waals surface area (Å²) < 4.78 is 0. The maximum atomic E-state index is 4.34. The Labute approximate surface area is 105 Å². The maximum absolute atomic E-state index is 4.34. The number of hydrogen-bond acceptors (Lipinski definition) is 1. The molecule has 0 aliphatic heterocycles. The van der Waals surface area contributed by atoms with Crippen molar-refractivity contribution in [3.05, 3.63) is 66.7 Å². The lowest BCUT2D eigenvalue weighted by Crippen LogP contribution is -1.76. The number of hydrogen-bond donors (Lipinski definition) is 1. The molecule has 3 rings (SSSR count). The second-order valence-electron chi connectivity index (χ2n) is 3.90. The third-order valence-corrected chi connectivity index (χ3v) is 2.73. The van der Waals surface area contributed by atoms with Crippen molar-refractivity contribution in [3.8, 4) is 22.5 Å². The summed E-state index contributed by atoms with van der Waals surface area (Å²) in [6.07, 6.45) is 0. The van der Waals surface area contributed by atoms with Gasteiger partial charge in [0.15, 0.2) is 0 Å². The molecule has 3 N–H and O–H groups in total. The summed E-state index contributed by atoms with van der Waals surface area (Å²) >= 11 is 0. The van der Waals surface area contributed by atoms with Crippen LogP contribution in [-0.2, 0) is 0 Å². The van der Waals surface area contributed by atoms with Crippen molar-refractivity contribution < 1.29 is 5.48 Å². The topological polar surface area (TPSA) is 60.2 Å². The van der Waals surface area contributed by atoms with Gasteiger partial charge in [0.2, 0.25) is 0 Å². The van der Waals surface area contributed by atoms with Crippen molar-refractivity contribution in [2.24, 2.45) is 0 Å². The normalized spacial score (nSPS) is 9.78. The van der Waals surface area contributed by atoms with Crippen molar-refractivity contribution in [2.75, 3.05) is 0 Å². The summed E-state index contributed by atoms with van der Waals surface area (Å²) in [5.41, 5.74) is 4.31. The van der Waals surface area contributed by atoms with Crippen molar-refractivity contribution >= 4 is 0 Å². The molecule has 1 aromatic heterocycles. The Balaban J connectivity index is 0.00000120. The number of nitrogens with one attached hydrogen (secondary N) is 1. The highest BCUT2D eigenvalue weighted by molar-refractivity contribution is 5.67. The minimum atomic E-state index is 0. The van der Waals surface area contributed by atoms with Crippen LogP contribution in [0.3, 0.4) is 0 Å². The lowest BCUT2D eigenvalue weighted by Gasteiger charge is -1.94. The van der Waals surface area contributed by atoms with Gasteiger partial charge in [-0.05, 0) is 11.6 Å². The molecule has 0 unspecified atom stereocenters. The first-order valence-electron chi connectivity index (χ1n) is 5.60. The van der Waals surface area contributed by atoms with Crippen molar-refractivity contribution in [3.63, 3.8) is 0 Å². The molecule has 0 radical (unpaired) electrons. The number of aromatic nitrogens is 2. The third kappa shape index (κ3) is 2.31. The lowest BCUT2D eigenvalue weighted by atomic mass is 10.1. The molecular weight excluding hydrogens is 224 g/mol. The third-order valence-electron chi connectivity index (χ3n) is 2.73. The Morgan fingerprint density at radius 2 is 1.28 bits per heavy atom. The highest BCUT2D eigenvalue weighted by Gasteiger charge is 2.04. The maximum Gasteiger partial charge on any atom is 0.0927 e. The predicted octanol–water partition coefficient (Wildman–Crippen LogP) is 2.92. The number of aromatic amines is 1. The minimum absolute atomic E-state index is 0. The van der Waals surface area contributed by atoms with E-state index in [0.29, 0.717) is 0 Å². The van der Waals surface area contributed by atoms with Crippen LogP contribution >= 0.6 is 0 Å². The Hall–Kier alpha value is -2.39. The van der Waals surface area contributed by atoms with Crippen LogP contribution < -0.4 is 0 Å². The summed E-state index contributed by atoms with van der Waals surface area (Å²) in [5.74, 6) is 0. The predicted molar refractivity (Wildman–Crippen MR) is 73.1 cm³/mol. The van der Waals surface area contributed by atoms with Gasteiger partial charge in [-0.1, -0.05) is 60.7 Å².